The van der Waals surface area contributed by atoms with Crippen molar-refractivity contribution >= 4 is 29.6 Å². The molecule has 16 heavy (non-hydrogen) atoms. The Kier molecular flexibility index (Phi) is 3.48. The Morgan fingerprint density at radius 2 is 2.00 bits per heavy atom. The van der Waals surface area contributed by atoms with Gasteiger partial charge in [0.15, 0.2) is 6.29 Å². The molecule has 2 rings (SSSR count). The van der Waals surface area contributed by atoms with Crippen LogP contribution in [0.1, 0.15) is 10.4 Å². The molecule has 0 aliphatic rings. The SMILES string of the molecule is O=Cc1c(Cl)ncnc1Sc1ccncc1. The zero-order chi connectivity index (χ0) is 11.4. The zero-order valence-electron chi connectivity index (χ0n) is 8.00. The van der Waals surface area contributed by atoms with Crippen LogP contribution < -0.4 is 0 Å². The molecule has 2 heterocycles. The lowest BCUT2D eigenvalue weighted by Crippen LogP contribution is -1.93. The van der Waals surface area contributed by atoms with Gasteiger partial charge in [0.1, 0.15) is 16.5 Å². The van der Waals surface area contributed by atoms with Crippen LogP contribution in [0.3, 0.4) is 0 Å². The fourth-order valence-corrected chi connectivity index (χ4v) is 2.13. The average molecular weight is 252 g/mol. The second kappa shape index (κ2) is 5.05. The number of carbonyl (C=O) groups excluding carboxylic acids is 1. The van der Waals surface area contributed by atoms with Crippen molar-refractivity contribution in [1.29, 1.82) is 0 Å². The third-order valence-electron chi connectivity index (χ3n) is 1.78. The highest BCUT2D eigenvalue weighted by Crippen LogP contribution is 2.29. The molecule has 6 heteroatoms. The van der Waals surface area contributed by atoms with E-state index in [4.69, 9.17) is 11.6 Å². The van der Waals surface area contributed by atoms with Crippen molar-refractivity contribution < 1.29 is 4.79 Å². The van der Waals surface area contributed by atoms with E-state index in [0.29, 0.717) is 16.9 Å². The van der Waals surface area contributed by atoms with E-state index in [1.54, 1.807) is 12.4 Å². The summed E-state index contributed by atoms with van der Waals surface area (Å²) in [5.41, 5.74) is 0.311. The number of halogens is 1. The fourth-order valence-electron chi connectivity index (χ4n) is 1.06. The summed E-state index contributed by atoms with van der Waals surface area (Å²) >= 11 is 7.13. The third kappa shape index (κ3) is 2.37. The van der Waals surface area contributed by atoms with Crippen molar-refractivity contribution in [3.8, 4) is 0 Å². The first kappa shape index (κ1) is 11.0. The summed E-state index contributed by atoms with van der Waals surface area (Å²) in [5.74, 6) is 0. The smallest absolute Gasteiger partial charge is 0.155 e. The molecule has 0 N–H and O–H groups in total. The molecule has 0 aliphatic heterocycles. The molecule has 4 nitrogen and oxygen atoms in total. The van der Waals surface area contributed by atoms with Crippen LogP contribution in [0.4, 0.5) is 0 Å². The van der Waals surface area contributed by atoms with Crippen LogP contribution in [0.5, 0.6) is 0 Å². The first-order chi connectivity index (χ1) is 7.81. The second-order valence-electron chi connectivity index (χ2n) is 2.79. The maximum Gasteiger partial charge on any atom is 0.155 e. The van der Waals surface area contributed by atoms with Crippen molar-refractivity contribution in [2.45, 2.75) is 9.92 Å². The highest BCUT2D eigenvalue weighted by atomic mass is 35.5. The molecule has 80 valence electrons. The monoisotopic (exact) mass is 251 g/mol. The van der Waals surface area contributed by atoms with Crippen molar-refractivity contribution in [2.24, 2.45) is 0 Å². The number of hydrogen-bond donors (Lipinski definition) is 0. The Morgan fingerprint density at radius 3 is 2.69 bits per heavy atom. The van der Waals surface area contributed by atoms with Crippen molar-refractivity contribution in [1.82, 2.24) is 15.0 Å². The van der Waals surface area contributed by atoms with Gasteiger partial charge in [0, 0.05) is 17.3 Å². The van der Waals surface area contributed by atoms with Crippen molar-refractivity contribution in [3.63, 3.8) is 0 Å². The minimum Gasteiger partial charge on any atom is -0.298 e. The molecule has 0 bridgehead atoms. The molecule has 0 radical (unpaired) electrons. The first-order valence-electron chi connectivity index (χ1n) is 4.35. The molecule has 0 saturated carbocycles. The summed E-state index contributed by atoms with van der Waals surface area (Å²) in [4.78, 5) is 23.5. The summed E-state index contributed by atoms with van der Waals surface area (Å²) in [6, 6.07) is 3.66. The molecule has 2 aromatic rings. The maximum absolute atomic E-state index is 10.8. The van der Waals surface area contributed by atoms with E-state index in [-0.39, 0.29) is 5.15 Å². The fraction of sp³-hybridized carbons (Fsp3) is 0. The summed E-state index contributed by atoms with van der Waals surface area (Å²) in [6.45, 7) is 0. The van der Waals surface area contributed by atoms with Gasteiger partial charge in [0.2, 0.25) is 0 Å². The van der Waals surface area contributed by atoms with Gasteiger partial charge in [-0.15, -0.1) is 0 Å². The van der Waals surface area contributed by atoms with Gasteiger partial charge in [-0.1, -0.05) is 23.4 Å². The molecule has 0 aromatic carbocycles. The quantitative estimate of drug-likeness (QED) is 0.620. The lowest BCUT2D eigenvalue weighted by atomic mass is 10.4. The van der Waals surface area contributed by atoms with E-state index in [1.165, 1.54) is 18.1 Å². The summed E-state index contributed by atoms with van der Waals surface area (Å²) in [5, 5.41) is 0.711. The van der Waals surface area contributed by atoms with Crippen LogP contribution >= 0.6 is 23.4 Å². The van der Waals surface area contributed by atoms with E-state index < -0.39 is 0 Å². The van der Waals surface area contributed by atoms with Gasteiger partial charge in [-0.2, -0.15) is 0 Å². The molecular weight excluding hydrogens is 246 g/mol. The molecule has 0 aliphatic carbocycles. The van der Waals surface area contributed by atoms with Gasteiger partial charge in [0.25, 0.3) is 0 Å². The van der Waals surface area contributed by atoms with E-state index in [9.17, 15) is 4.79 Å². The largest absolute Gasteiger partial charge is 0.298 e. The summed E-state index contributed by atoms with van der Waals surface area (Å²) < 4.78 is 0. The summed E-state index contributed by atoms with van der Waals surface area (Å²) in [6.07, 6.45) is 5.34. The highest BCUT2D eigenvalue weighted by Gasteiger charge is 2.10. The van der Waals surface area contributed by atoms with Gasteiger partial charge < -0.3 is 0 Å². The Labute approximate surface area is 101 Å². The Hall–Kier alpha value is -1.46. The minimum absolute atomic E-state index is 0.168. The standard InChI is InChI=1S/C10H6ClN3OS/c11-9-8(5-15)10(14-6-13-9)16-7-1-3-12-4-2-7/h1-6H. The number of pyridine rings is 1. The Balaban J connectivity index is 2.35. The molecule has 0 saturated heterocycles. The van der Waals surface area contributed by atoms with Crippen LogP contribution in [0.25, 0.3) is 0 Å². The van der Waals surface area contributed by atoms with Gasteiger partial charge in [-0.3, -0.25) is 9.78 Å². The van der Waals surface area contributed by atoms with E-state index in [1.807, 2.05) is 12.1 Å². The molecule has 0 atom stereocenters. The lowest BCUT2D eigenvalue weighted by Gasteiger charge is -2.03. The number of hydrogen-bond acceptors (Lipinski definition) is 5. The molecule has 0 amide bonds. The van der Waals surface area contributed by atoms with Crippen LogP contribution in [-0.4, -0.2) is 21.2 Å². The van der Waals surface area contributed by atoms with Crippen LogP contribution in [-0.2, 0) is 0 Å². The second-order valence-corrected chi connectivity index (χ2v) is 4.21. The number of rotatable bonds is 3. The van der Waals surface area contributed by atoms with E-state index in [0.717, 1.165) is 4.90 Å². The number of nitrogens with zero attached hydrogens (tertiary/aromatic N) is 3. The third-order valence-corrected chi connectivity index (χ3v) is 3.11. The predicted octanol–water partition coefficient (Wildman–Crippen LogP) is 2.49. The maximum atomic E-state index is 10.8. The minimum atomic E-state index is 0.168. The highest BCUT2D eigenvalue weighted by molar-refractivity contribution is 7.99. The van der Waals surface area contributed by atoms with Crippen LogP contribution in [0.2, 0.25) is 5.15 Å². The van der Waals surface area contributed by atoms with E-state index in [2.05, 4.69) is 15.0 Å². The van der Waals surface area contributed by atoms with Crippen LogP contribution in [0, 0.1) is 0 Å². The molecular formula is C10H6ClN3OS. The zero-order valence-corrected chi connectivity index (χ0v) is 9.57. The normalized spacial score (nSPS) is 10.1. The Morgan fingerprint density at radius 1 is 1.25 bits per heavy atom. The number of carbonyl (C=O) groups is 1. The number of aromatic nitrogens is 3. The van der Waals surface area contributed by atoms with Gasteiger partial charge >= 0.3 is 0 Å². The van der Waals surface area contributed by atoms with Crippen molar-refractivity contribution in [3.05, 3.63) is 41.6 Å². The Bertz CT molecular complexity index is 507. The van der Waals surface area contributed by atoms with Crippen molar-refractivity contribution in [2.75, 3.05) is 0 Å². The first-order valence-corrected chi connectivity index (χ1v) is 5.54. The molecule has 0 unspecified atom stereocenters. The topological polar surface area (TPSA) is 55.7 Å². The van der Waals surface area contributed by atoms with Crippen LogP contribution in [0.15, 0.2) is 40.8 Å². The predicted molar refractivity (Wildman–Crippen MR) is 60.8 cm³/mol. The molecule has 2 aromatic heterocycles. The van der Waals surface area contributed by atoms with Gasteiger partial charge in [-0.25, -0.2) is 9.97 Å². The van der Waals surface area contributed by atoms with Gasteiger partial charge in [-0.05, 0) is 12.1 Å². The number of aldehydes is 1. The average Bonchev–Trinajstić information content (AvgIpc) is 2.31. The summed E-state index contributed by atoms with van der Waals surface area (Å²) in [7, 11) is 0. The van der Waals surface area contributed by atoms with E-state index >= 15 is 0 Å². The molecule has 0 spiro atoms. The van der Waals surface area contributed by atoms with Gasteiger partial charge in [0.05, 0.1) is 5.56 Å². The molecule has 0 fully saturated rings. The lowest BCUT2D eigenvalue weighted by molar-refractivity contribution is 0.112.